The Hall–Kier alpha value is -3.21. The summed E-state index contributed by atoms with van der Waals surface area (Å²) in [7, 11) is 0. The van der Waals surface area contributed by atoms with Gasteiger partial charge in [-0.15, -0.1) is 10.2 Å². The summed E-state index contributed by atoms with van der Waals surface area (Å²) < 4.78 is 0. The first kappa shape index (κ1) is 16.6. The van der Waals surface area contributed by atoms with Crippen molar-refractivity contribution in [3.05, 3.63) is 82.9 Å². The van der Waals surface area contributed by atoms with Crippen LogP contribution in [0, 0.1) is 13.8 Å². The van der Waals surface area contributed by atoms with Gasteiger partial charge in [0.2, 0.25) is 0 Å². The summed E-state index contributed by atoms with van der Waals surface area (Å²) >= 11 is 0. The minimum absolute atomic E-state index is 0.192. The molecular formula is C20H20N4O. The molecule has 2 N–H and O–H groups in total. The number of carbonyl (C=O) groups is 1. The first-order valence-electron chi connectivity index (χ1n) is 8.12. The molecule has 3 rings (SSSR count). The molecule has 0 aliphatic carbocycles. The topological polar surface area (TPSA) is 66.9 Å². The highest BCUT2D eigenvalue weighted by Crippen LogP contribution is 2.13. The molecule has 0 radical (unpaired) electrons. The summed E-state index contributed by atoms with van der Waals surface area (Å²) in [6.07, 6.45) is 0. The molecule has 5 nitrogen and oxygen atoms in total. The molecule has 25 heavy (non-hydrogen) atoms. The number of rotatable bonds is 5. The van der Waals surface area contributed by atoms with E-state index in [1.165, 1.54) is 0 Å². The van der Waals surface area contributed by atoms with Crippen molar-refractivity contribution in [3.8, 4) is 0 Å². The van der Waals surface area contributed by atoms with E-state index in [4.69, 9.17) is 0 Å². The SMILES string of the molecule is Cc1ccc(C(=O)Nc2ccc(NCc3ccccc3)nn2)cc1C. The maximum absolute atomic E-state index is 12.3. The van der Waals surface area contributed by atoms with Gasteiger partial charge in [0.05, 0.1) is 0 Å². The van der Waals surface area contributed by atoms with Crippen molar-refractivity contribution in [1.29, 1.82) is 0 Å². The largest absolute Gasteiger partial charge is 0.365 e. The molecule has 0 aliphatic heterocycles. The van der Waals surface area contributed by atoms with Crippen LogP contribution >= 0.6 is 0 Å². The zero-order chi connectivity index (χ0) is 17.6. The normalized spacial score (nSPS) is 10.3. The number of anilines is 2. The average molecular weight is 332 g/mol. The van der Waals surface area contributed by atoms with Crippen LogP contribution < -0.4 is 10.6 Å². The van der Waals surface area contributed by atoms with Crippen LogP contribution in [0.2, 0.25) is 0 Å². The molecule has 0 atom stereocenters. The van der Waals surface area contributed by atoms with E-state index in [0.29, 0.717) is 23.7 Å². The van der Waals surface area contributed by atoms with Crippen LogP contribution in [-0.4, -0.2) is 16.1 Å². The number of nitrogens with zero attached hydrogens (tertiary/aromatic N) is 2. The van der Waals surface area contributed by atoms with Crippen LogP contribution in [0.15, 0.2) is 60.7 Å². The summed E-state index contributed by atoms with van der Waals surface area (Å²) in [6, 6.07) is 19.2. The third-order valence-electron chi connectivity index (χ3n) is 3.99. The first-order valence-corrected chi connectivity index (χ1v) is 8.12. The predicted molar refractivity (Wildman–Crippen MR) is 99.7 cm³/mol. The maximum atomic E-state index is 12.3. The molecular weight excluding hydrogens is 312 g/mol. The smallest absolute Gasteiger partial charge is 0.256 e. The van der Waals surface area contributed by atoms with Gasteiger partial charge < -0.3 is 10.6 Å². The summed E-state index contributed by atoms with van der Waals surface area (Å²) in [5.74, 6) is 0.893. The van der Waals surface area contributed by atoms with Crippen LogP contribution in [0.3, 0.4) is 0 Å². The van der Waals surface area contributed by atoms with Crippen LogP contribution in [0.1, 0.15) is 27.0 Å². The Kier molecular flexibility index (Phi) is 5.04. The van der Waals surface area contributed by atoms with E-state index in [1.807, 2.05) is 56.3 Å². The van der Waals surface area contributed by atoms with Crippen molar-refractivity contribution in [2.75, 3.05) is 10.6 Å². The lowest BCUT2D eigenvalue weighted by atomic mass is 10.1. The Morgan fingerprint density at radius 1 is 0.880 bits per heavy atom. The number of amides is 1. The third-order valence-corrected chi connectivity index (χ3v) is 3.99. The lowest BCUT2D eigenvalue weighted by molar-refractivity contribution is 0.102. The monoisotopic (exact) mass is 332 g/mol. The van der Waals surface area contributed by atoms with Gasteiger partial charge in [-0.25, -0.2) is 0 Å². The number of benzene rings is 2. The van der Waals surface area contributed by atoms with E-state index in [2.05, 4.69) is 20.8 Å². The van der Waals surface area contributed by atoms with Gasteiger partial charge in [0.15, 0.2) is 5.82 Å². The number of aryl methyl sites for hydroxylation is 2. The second-order valence-electron chi connectivity index (χ2n) is 5.90. The minimum Gasteiger partial charge on any atom is -0.365 e. The standard InChI is InChI=1S/C20H20N4O/c1-14-8-9-17(12-15(14)2)20(25)22-19-11-10-18(23-24-19)21-13-16-6-4-3-5-7-16/h3-12H,13H2,1-2H3,(H,21,23)(H,22,24,25). The second kappa shape index (κ2) is 7.57. The van der Waals surface area contributed by atoms with E-state index in [-0.39, 0.29) is 5.91 Å². The lowest BCUT2D eigenvalue weighted by Crippen LogP contribution is -2.14. The molecule has 3 aromatic rings. The molecule has 126 valence electrons. The van der Waals surface area contributed by atoms with E-state index >= 15 is 0 Å². The molecule has 0 unspecified atom stereocenters. The molecule has 0 fully saturated rings. The van der Waals surface area contributed by atoms with Crippen molar-refractivity contribution in [1.82, 2.24) is 10.2 Å². The van der Waals surface area contributed by atoms with Crippen molar-refractivity contribution >= 4 is 17.5 Å². The minimum atomic E-state index is -0.192. The van der Waals surface area contributed by atoms with E-state index < -0.39 is 0 Å². The van der Waals surface area contributed by atoms with E-state index in [1.54, 1.807) is 18.2 Å². The summed E-state index contributed by atoms with van der Waals surface area (Å²) in [5.41, 5.74) is 4.01. The molecule has 1 amide bonds. The highest BCUT2D eigenvalue weighted by atomic mass is 16.1. The van der Waals surface area contributed by atoms with Crippen LogP contribution in [0.25, 0.3) is 0 Å². The van der Waals surface area contributed by atoms with Gasteiger partial charge in [0.1, 0.15) is 5.82 Å². The Labute approximate surface area is 147 Å². The Bertz CT molecular complexity index is 861. The average Bonchev–Trinajstić information content (AvgIpc) is 2.64. The van der Waals surface area contributed by atoms with Gasteiger partial charge in [-0.1, -0.05) is 36.4 Å². The Morgan fingerprint density at radius 2 is 1.60 bits per heavy atom. The molecule has 0 aliphatic rings. The number of hydrogen-bond donors (Lipinski definition) is 2. The van der Waals surface area contributed by atoms with Crippen LogP contribution in [0.4, 0.5) is 11.6 Å². The van der Waals surface area contributed by atoms with Crippen molar-refractivity contribution in [3.63, 3.8) is 0 Å². The highest BCUT2D eigenvalue weighted by molar-refractivity contribution is 6.03. The summed E-state index contributed by atoms with van der Waals surface area (Å²) in [5, 5.41) is 14.1. The van der Waals surface area contributed by atoms with Gasteiger partial charge in [0, 0.05) is 12.1 Å². The lowest BCUT2D eigenvalue weighted by Gasteiger charge is -2.08. The molecule has 0 saturated carbocycles. The maximum Gasteiger partial charge on any atom is 0.256 e. The fraction of sp³-hybridized carbons (Fsp3) is 0.150. The summed E-state index contributed by atoms with van der Waals surface area (Å²) in [6.45, 7) is 4.67. The number of aromatic nitrogens is 2. The molecule has 5 heteroatoms. The molecule has 1 heterocycles. The first-order chi connectivity index (χ1) is 12.1. The Balaban J connectivity index is 1.60. The number of hydrogen-bond acceptors (Lipinski definition) is 4. The van der Waals surface area contributed by atoms with Crippen molar-refractivity contribution in [2.45, 2.75) is 20.4 Å². The van der Waals surface area contributed by atoms with Crippen molar-refractivity contribution < 1.29 is 4.79 Å². The Morgan fingerprint density at radius 3 is 2.28 bits per heavy atom. The zero-order valence-corrected chi connectivity index (χ0v) is 14.3. The number of nitrogens with one attached hydrogen (secondary N) is 2. The molecule has 1 aromatic heterocycles. The molecule has 0 saturated heterocycles. The van der Waals surface area contributed by atoms with Gasteiger partial charge >= 0.3 is 0 Å². The second-order valence-corrected chi connectivity index (χ2v) is 5.90. The molecule has 0 spiro atoms. The molecule has 0 bridgehead atoms. The van der Waals surface area contributed by atoms with E-state index in [9.17, 15) is 4.79 Å². The number of carbonyl (C=O) groups excluding carboxylic acids is 1. The van der Waals surface area contributed by atoms with Gasteiger partial charge in [-0.05, 0) is 54.8 Å². The van der Waals surface area contributed by atoms with E-state index in [0.717, 1.165) is 16.7 Å². The fourth-order valence-corrected chi connectivity index (χ4v) is 2.35. The van der Waals surface area contributed by atoms with Crippen LogP contribution in [0.5, 0.6) is 0 Å². The molecule has 2 aromatic carbocycles. The fourth-order valence-electron chi connectivity index (χ4n) is 2.35. The quantitative estimate of drug-likeness (QED) is 0.742. The van der Waals surface area contributed by atoms with Crippen LogP contribution in [-0.2, 0) is 6.54 Å². The summed E-state index contributed by atoms with van der Waals surface area (Å²) in [4.78, 5) is 12.3. The van der Waals surface area contributed by atoms with Crippen molar-refractivity contribution in [2.24, 2.45) is 0 Å². The van der Waals surface area contributed by atoms with Gasteiger partial charge in [-0.3, -0.25) is 4.79 Å². The van der Waals surface area contributed by atoms with Gasteiger partial charge in [0.25, 0.3) is 5.91 Å². The third kappa shape index (κ3) is 4.41. The van der Waals surface area contributed by atoms with Gasteiger partial charge in [-0.2, -0.15) is 0 Å². The predicted octanol–water partition coefficient (Wildman–Crippen LogP) is 3.96. The zero-order valence-electron chi connectivity index (χ0n) is 14.3. The highest BCUT2D eigenvalue weighted by Gasteiger charge is 2.08.